The summed E-state index contributed by atoms with van der Waals surface area (Å²) in [6, 6.07) is 5.46. The number of rotatable bonds is 4. The second-order valence-corrected chi connectivity index (χ2v) is 6.49. The molecule has 20 heavy (non-hydrogen) atoms. The summed E-state index contributed by atoms with van der Waals surface area (Å²) in [5.41, 5.74) is 6.79. The molecule has 0 spiro atoms. The maximum absolute atomic E-state index is 12.3. The zero-order chi connectivity index (χ0) is 14.8. The third-order valence-corrected chi connectivity index (χ3v) is 4.83. The van der Waals surface area contributed by atoms with E-state index in [1.807, 2.05) is 12.1 Å². The summed E-state index contributed by atoms with van der Waals surface area (Å²) in [5.74, 6) is 0.0606. The maximum atomic E-state index is 12.3. The standard InChI is InChI=1S/C15H20Cl2N2O/c1-19(10-11-5-4-6-12(16)14(11)17)13(20)9-15(18)7-2-3-8-15/h4-6H,2-3,7-10,18H2,1H3. The quantitative estimate of drug-likeness (QED) is 0.922. The predicted molar refractivity (Wildman–Crippen MR) is 82.9 cm³/mol. The monoisotopic (exact) mass is 314 g/mol. The number of nitrogens with two attached hydrogens (primary N) is 1. The van der Waals surface area contributed by atoms with Gasteiger partial charge in [-0.25, -0.2) is 0 Å². The summed E-state index contributed by atoms with van der Waals surface area (Å²) in [6.45, 7) is 0.453. The molecule has 1 aromatic rings. The van der Waals surface area contributed by atoms with E-state index in [4.69, 9.17) is 28.9 Å². The Hall–Kier alpha value is -0.770. The average Bonchev–Trinajstić information content (AvgIpc) is 2.81. The van der Waals surface area contributed by atoms with Crippen molar-refractivity contribution in [3.63, 3.8) is 0 Å². The fourth-order valence-corrected chi connectivity index (χ4v) is 3.09. The molecule has 0 aliphatic heterocycles. The third kappa shape index (κ3) is 3.66. The molecule has 1 saturated carbocycles. The molecular formula is C15H20Cl2N2O. The van der Waals surface area contributed by atoms with Crippen LogP contribution in [0.3, 0.4) is 0 Å². The Balaban J connectivity index is 1.99. The SMILES string of the molecule is CN(Cc1cccc(Cl)c1Cl)C(=O)CC1(N)CCCC1. The van der Waals surface area contributed by atoms with Gasteiger partial charge >= 0.3 is 0 Å². The Labute approximate surface area is 130 Å². The molecular weight excluding hydrogens is 295 g/mol. The molecule has 1 amide bonds. The first kappa shape index (κ1) is 15.6. The first-order chi connectivity index (χ1) is 9.41. The van der Waals surface area contributed by atoms with Gasteiger partial charge in [-0.3, -0.25) is 4.79 Å². The third-order valence-electron chi connectivity index (χ3n) is 3.97. The minimum atomic E-state index is -0.316. The Morgan fingerprint density at radius 1 is 1.35 bits per heavy atom. The largest absolute Gasteiger partial charge is 0.341 e. The number of hydrogen-bond acceptors (Lipinski definition) is 2. The van der Waals surface area contributed by atoms with Crippen LogP contribution in [0.4, 0.5) is 0 Å². The highest BCUT2D eigenvalue weighted by atomic mass is 35.5. The molecule has 0 aromatic heterocycles. The van der Waals surface area contributed by atoms with E-state index in [9.17, 15) is 4.79 Å². The van der Waals surface area contributed by atoms with Gasteiger partial charge in [0.25, 0.3) is 0 Å². The van der Waals surface area contributed by atoms with Crippen molar-refractivity contribution < 1.29 is 4.79 Å². The van der Waals surface area contributed by atoms with Crippen molar-refractivity contribution in [2.24, 2.45) is 5.73 Å². The highest BCUT2D eigenvalue weighted by molar-refractivity contribution is 6.42. The molecule has 1 fully saturated rings. The topological polar surface area (TPSA) is 46.3 Å². The molecule has 0 radical (unpaired) electrons. The Morgan fingerprint density at radius 2 is 2.00 bits per heavy atom. The summed E-state index contributed by atoms with van der Waals surface area (Å²) in [4.78, 5) is 13.9. The molecule has 5 heteroatoms. The summed E-state index contributed by atoms with van der Waals surface area (Å²) < 4.78 is 0. The molecule has 1 aliphatic rings. The summed E-state index contributed by atoms with van der Waals surface area (Å²) in [7, 11) is 1.78. The van der Waals surface area contributed by atoms with Crippen molar-refractivity contribution in [3.05, 3.63) is 33.8 Å². The first-order valence-corrected chi connectivity index (χ1v) is 7.63. The van der Waals surface area contributed by atoms with Crippen molar-refractivity contribution in [2.45, 2.75) is 44.2 Å². The fraction of sp³-hybridized carbons (Fsp3) is 0.533. The van der Waals surface area contributed by atoms with Gasteiger partial charge in [0.1, 0.15) is 0 Å². The zero-order valence-electron chi connectivity index (χ0n) is 11.7. The van der Waals surface area contributed by atoms with Gasteiger partial charge in [0, 0.05) is 25.6 Å². The van der Waals surface area contributed by atoms with Gasteiger partial charge in [-0.05, 0) is 24.5 Å². The summed E-state index contributed by atoms with van der Waals surface area (Å²) in [6.07, 6.45) is 4.51. The van der Waals surface area contributed by atoms with Crippen molar-refractivity contribution in [1.29, 1.82) is 0 Å². The molecule has 0 saturated heterocycles. The van der Waals surface area contributed by atoms with Gasteiger partial charge in [0.05, 0.1) is 10.0 Å². The van der Waals surface area contributed by atoms with Crippen LogP contribution in [-0.4, -0.2) is 23.4 Å². The van der Waals surface area contributed by atoms with Gasteiger partial charge in [-0.1, -0.05) is 48.2 Å². The number of nitrogens with zero attached hydrogens (tertiary/aromatic N) is 1. The van der Waals surface area contributed by atoms with Gasteiger partial charge < -0.3 is 10.6 Å². The molecule has 2 N–H and O–H groups in total. The van der Waals surface area contributed by atoms with Crippen LogP contribution in [0.25, 0.3) is 0 Å². The van der Waals surface area contributed by atoms with Crippen LogP contribution in [0.5, 0.6) is 0 Å². The van der Waals surface area contributed by atoms with Gasteiger partial charge in [0.2, 0.25) is 5.91 Å². The lowest BCUT2D eigenvalue weighted by Crippen LogP contribution is -2.42. The van der Waals surface area contributed by atoms with E-state index in [1.54, 1.807) is 18.0 Å². The fourth-order valence-electron chi connectivity index (χ4n) is 2.71. The van der Waals surface area contributed by atoms with Crippen LogP contribution in [0.1, 0.15) is 37.7 Å². The highest BCUT2D eigenvalue weighted by Gasteiger charge is 2.32. The van der Waals surface area contributed by atoms with Gasteiger partial charge in [-0.2, -0.15) is 0 Å². The van der Waals surface area contributed by atoms with E-state index < -0.39 is 0 Å². The number of hydrogen-bond donors (Lipinski definition) is 1. The molecule has 2 rings (SSSR count). The predicted octanol–water partition coefficient (Wildman–Crippen LogP) is 3.61. The van der Waals surface area contributed by atoms with Crippen LogP contribution >= 0.6 is 23.2 Å². The normalized spacial score (nSPS) is 17.2. The van der Waals surface area contributed by atoms with Crippen LogP contribution in [0, 0.1) is 0 Å². The number of carbonyl (C=O) groups is 1. The molecule has 0 unspecified atom stereocenters. The van der Waals surface area contributed by atoms with Crippen molar-refractivity contribution in [3.8, 4) is 0 Å². The molecule has 110 valence electrons. The van der Waals surface area contributed by atoms with Gasteiger partial charge in [0.15, 0.2) is 0 Å². The number of halogens is 2. The lowest BCUT2D eigenvalue weighted by Gasteiger charge is -2.26. The lowest BCUT2D eigenvalue weighted by atomic mass is 9.94. The first-order valence-electron chi connectivity index (χ1n) is 6.87. The van der Waals surface area contributed by atoms with Crippen molar-refractivity contribution in [1.82, 2.24) is 4.90 Å². The summed E-state index contributed by atoms with van der Waals surface area (Å²) in [5, 5.41) is 1.02. The number of amides is 1. The highest BCUT2D eigenvalue weighted by Crippen LogP contribution is 2.31. The molecule has 1 aliphatic carbocycles. The maximum Gasteiger partial charge on any atom is 0.224 e. The van der Waals surface area contributed by atoms with E-state index >= 15 is 0 Å². The minimum absolute atomic E-state index is 0.0606. The van der Waals surface area contributed by atoms with E-state index in [-0.39, 0.29) is 11.4 Å². The minimum Gasteiger partial charge on any atom is -0.341 e. The van der Waals surface area contributed by atoms with E-state index in [1.165, 1.54) is 0 Å². The van der Waals surface area contributed by atoms with Crippen molar-refractivity contribution >= 4 is 29.1 Å². The van der Waals surface area contributed by atoms with E-state index in [0.29, 0.717) is 23.0 Å². The van der Waals surface area contributed by atoms with Crippen molar-refractivity contribution in [2.75, 3.05) is 7.05 Å². The Morgan fingerprint density at radius 3 is 2.65 bits per heavy atom. The zero-order valence-corrected chi connectivity index (χ0v) is 13.2. The molecule has 1 aromatic carbocycles. The van der Waals surface area contributed by atoms with Crippen LogP contribution < -0.4 is 5.73 Å². The Kier molecular flexibility index (Phi) is 4.95. The van der Waals surface area contributed by atoms with Gasteiger partial charge in [-0.15, -0.1) is 0 Å². The van der Waals surface area contributed by atoms with Crippen LogP contribution in [0.15, 0.2) is 18.2 Å². The molecule has 3 nitrogen and oxygen atoms in total. The number of carbonyl (C=O) groups excluding carboxylic acids is 1. The Bertz CT molecular complexity index is 499. The second kappa shape index (κ2) is 6.33. The van der Waals surface area contributed by atoms with E-state index in [2.05, 4.69) is 0 Å². The smallest absolute Gasteiger partial charge is 0.224 e. The number of benzene rings is 1. The molecule has 0 atom stereocenters. The molecule has 0 bridgehead atoms. The lowest BCUT2D eigenvalue weighted by molar-refractivity contribution is -0.131. The van der Waals surface area contributed by atoms with Crippen LogP contribution in [0.2, 0.25) is 10.0 Å². The average molecular weight is 315 g/mol. The summed E-state index contributed by atoms with van der Waals surface area (Å²) >= 11 is 12.1. The second-order valence-electron chi connectivity index (χ2n) is 5.71. The molecule has 0 heterocycles. The van der Waals surface area contributed by atoms with E-state index in [0.717, 1.165) is 31.2 Å². The van der Waals surface area contributed by atoms with Crippen LogP contribution in [-0.2, 0) is 11.3 Å².